The second-order valence-electron chi connectivity index (χ2n) is 2.82. The second-order valence-corrected chi connectivity index (χ2v) is 2.82. The summed E-state index contributed by atoms with van der Waals surface area (Å²) < 4.78 is 38.3. The van der Waals surface area contributed by atoms with Crippen LogP contribution in [0, 0.1) is 12.7 Å². The first-order valence-electron chi connectivity index (χ1n) is 4.56. The van der Waals surface area contributed by atoms with Crippen molar-refractivity contribution in [1.29, 1.82) is 0 Å². The Balaban J connectivity index is 0.000000791. The average Bonchev–Trinajstić information content (AvgIpc) is 2.05. The van der Waals surface area contributed by atoms with E-state index in [2.05, 4.69) is 0 Å². The van der Waals surface area contributed by atoms with E-state index in [1.807, 2.05) is 13.8 Å². The van der Waals surface area contributed by atoms with Crippen molar-refractivity contribution < 1.29 is 13.2 Å². The number of alkyl halides is 2. The lowest BCUT2D eigenvalue weighted by molar-refractivity contribution is 0.0131. The molecule has 0 aliphatic heterocycles. The molecular weight excluding hydrogens is 189 g/mol. The lowest BCUT2D eigenvalue weighted by atomic mass is 10.0. The SMILES string of the molecule is CC.Cc1cccc(F)c1C(C)(F)F. The van der Waals surface area contributed by atoms with E-state index in [9.17, 15) is 13.2 Å². The second kappa shape index (κ2) is 5.03. The molecule has 0 unspecified atom stereocenters. The van der Waals surface area contributed by atoms with E-state index in [1.54, 1.807) is 0 Å². The van der Waals surface area contributed by atoms with Gasteiger partial charge in [-0.25, -0.2) is 13.2 Å². The van der Waals surface area contributed by atoms with Gasteiger partial charge in [0.2, 0.25) is 0 Å². The minimum atomic E-state index is -3.10. The summed E-state index contributed by atoms with van der Waals surface area (Å²) >= 11 is 0. The maximum atomic E-state index is 12.9. The Morgan fingerprint density at radius 2 is 1.64 bits per heavy atom. The molecule has 0 heterocycles. The van der Waals surface area contributed by atoms with Gasteiger partial charge in [0.25, 0.3) is 5.92 Å². The lowest BCUT2D eigenvalue weighted by Crippen LogP contribution is -2.11. The van der Waals surface area contributed by atoms with Gasteiger partial charge in [-0.2, -0.15) is 0 Å². The van der Waals surface area contributed by atoms with Gasteiger partial charge in [0, 0.05) is 6.92 Å². The molecule has 0 fully saturated rings. The molecule has 1 aromatic carbocycles. The summed E-state index contributed by atoms with van der Waals surface area (Å²) in [6.45, 7) is 6.16. The number of aryl methyl sites for hydroxylation is 1. The molecule has 0 aromatic heterocycles. The Labute approximate surface area is 82.8 Å². The van der Waals surface area contributed by atoms with Crippen molar-refractivity contribution in [1.82, 2.24) is 0 Å². The third-order valence-corrected chi connectivity index (χ3v) is 1.66. The maximum absolute atomic E-state index is 12.9. The van der Waals surface area contributed by atoms with Gasteiger partial charge in [-0.15, -0.1) is 0 Å². The zero-order valence-electron chi connectivity index (χ0n) is 8.87. The predicted octanol–water partition coefficient (Wildman–Crippen LogP) is 4.27. The van der Waals surface area contributed by atoms with Gasteiger partial charge < -0.3 is 0 Å². The third kappa shape index (κ3) is 3.05. The molecule has 1 aromatic rings. The fourth-order valence-electron chi connectivity index (χ4n) is 1.19. The van der Waals surface area contributed by atoms with Gasteiger partial charge >= 0.3 is 0 Å². The molecule has 0 saturated heterocycles. The Morgan fingerprint density at radius 3 is 1.93 bits per heavy atom. The van der Waals surface area contributed by atoms with Crippen molar-refractivity contribution in [2.75, 3.05) is 0 Å². The summed E-state index contributed by atoms with van der Waals surface area (Å²) in [4.78, 5) is 0. The fraction of sp³-hybridized carbons (Fsp3) is 0.455. The molecule has 0 radical (unpaired) electrons. The van der Waals surface area contributed by atoms with Crippen LogP contribution in [0.4, 0.5) is 13.2 Å². The van der Waals surface area contributed by atoms with E-state index >= 15 is 0 Å². The standard InChI is InChI=1S/C9H9F3.C2H6/c1-6-4-3-5-7(10)8(6)9(2,11)12;1-2/h3-5H,1-2H3;1-2H3. The number of hydrogen-bond acceptors (Lipinski definition) is 0. The van der Waals surface area contributed by atoms with E-state index in [0.29, 0.717) is 6.92 Å². The largest absolute Gasteiger partial charge is 0.273 e. The van der Waals surface area contributed by atoms with Gasteiger partial charge in [0.1, 0.15) is 5.82 Å². The quantitative estimate of drug-likeness (QED) is 0.640. The minimum Gasteiger partial charge on any atom is -0.206 e. The van der Waals surface area contributed by atoms with E-state index in [0.717, 1.165) is 6.07 Å². The van der Waals surface area contributed by atoms with Gasteiger partial charge in [-0.3, -0.25) is 0 Å². The van der Waals surface area contributed by atoms with Crippen LogP contribution in [-0.4, -0.2) is 0 Å². The maximum Gasteiger partial charge on any atom is 0.273 e. The summed E-state index contributed by atoms with van der Waals surface area (Å²) in [6.07, 6.45) is 0. The van der Waals surface area contributed by atoms with Crippen LogP contribution in [0.1, 0.15) is 31.9 Å². The molecule has 80 valence electrons. The predicted molar refractivity (Wildman–Crippen MR) is 52.1 cm³/mol. The van der Waals surface area contributed by atoms with Crippen molar-refractivity contribution in [3.05, 3.63) is 35.1 Å². The lowest BCUT2D eigenvalue weighted by Gasteiger charge is -2.13. The van der Waals surface area contributed by atoms with Crippen LogP contribution in [-0.2, 0) is 5.92 Å². The van der Waals surface area contributed by atoms with Crippen LogP contribution in [0.25, 0.3) is 0 Å². The minimum absolute atomic E-state index is 0.280. The smallest absolute Gasteiger partial charge is 0.206 e. The van der Waals surface area contributed by atoms with Gasteiger partial charge in [-0.05, 0) is 18.6 Å². The van der Waals surface area contributed by atoms with E-state index in [-0.39, 0.29) is 5.56 Å². The van der Waals surface area contributed by atoms with Crippen LogP contribution >= 0.6 is 0 Å². The van der Waals surface area contributed by atoms with Crippen molar-refractivity contribution >= 4 is 0 Å². The molecule has 1 rings (SSSR count). The Morgan fingerprint density at radius 1 is 1.14 bits per heavy atom. The topological polar surface area (TPSA) is 0 Å². The van der Waals surface area contributed by atoms with Crippen LogP contribution in [0.5, 0.6) is 0 Å². The molecule has 0 spiro atoms. The van der Waals surface area contributed by atoms with Gasteiger partial charge in [0.15, 0.2) is 0 Å². The fourth-order valence-corrected chi connectivity index (χ4v) is 1.19. The molecule has 0 saturated carbocycles. The first-order chi connectivity index (χ1) is 6.43. The van der Waals surface area contributed by atoms with Crippen molar-refractivity contribution in [3.8, 4) is 0 Å². The van der Waals surface area contributed by atoms with Crippen LogP contribution in [0.15, 0.2) is 18.2 Å². The molecule has 0 atom stereocenters. The van der Waals surface area contributed by atoms with Crippen molar-refractivity contribution in [2.24, 2.45) is 0 Å². The summed E-state index contributed by atoms with van der Waals surface area (Å²) in [5.74, 6) is -3.95. The van der Waals surface area contributed by atoms with Gasteiger partial charge in [0.05, 0.1) is 5.56 Å². The highest BCUT2D eigenvalue weighted by atomic mass is 19.3. The highest BCUT2D eigenvalue weighted by molar-refractivity contribution is 5.30. The number of rotatable bonds is 1. The number of hydrogen-bond donors (Lipinski definition) is 0. The summed E-state index contributed by atoms with van der Waals surface area (Å²) in [5.41, 5.74) is -0.229. The van der Waals surface area contributed by atoms with E-state index in [1.165, 1.54) is 19.1 Å². The third-order valence-electron chi connectivity index (χ3n) is 1.66. The number of halogens is 3. The van der Waals surface area contributed by atoms with Crippen molar-refractivity contribution in [3.63, 3.8) is 0 Å². The molecule has 14 heavy (non-hydrogen) atoms. The molecule has 0 aliphatic carbocycles. The summed E-state index contributed by atoms with van der Waals surface area (Å²) in [5, 5.41) is 0. The molecule has 0 bridgehead atoms. The Kier molecular flexibility index (Phi) is 4.68. The summed E-state index contributed by atoms with van der Waals surface area (Å²) in [6, 6.07) is 3.93. The normalized spacial score (nSPS) is 10.5. The Hall–Kier alpha value is -0.990. The number of benzene rings is 1. The molecule has 3 heteroatoms. The van der Waals surface area contributed by atoms with Gasteiger partial charge in [-0.1, -0.05) is 26.0 Å². The molecule has 0 nitrogen and oxygen atoms in total. The average molecular weight is 204 g/mol. The van der Waals surface area contributed by atoms with Crippen LogP contribution in [0.3, 0.4) is 0 Å². The molecule has 0 aliphatic rings. The monoisotopic (exact) mass is 204 g/mol. The highest BCUT2D eigenvalue weighted by Gasteiger charge is 2.29. The van der Waals surface area contributed by atoms with E-state index in [4.69, 9.17) is 0 Å². The molecule has 0 amide bonds. The van der Waals surface area contributed by atoms with Crippen molar-refractivity contribution in [2.45, 2.75) is 33.6 Å². The Bertz CT molecular complexity index is 267. The zero-order chi connectivity index (χ0) is 11.4. The first kappa shape index (κ1) is 13.0. The molecular formula is C11H15F3. The zero-order valence-corrected chi connectivity index (χ0v) is 8.87. The first-order valence-corrected chi connectivity index (χ1v) is 4.56. The summed E-state index contributed by atoms with van der Waals surface area (Å²) in [7, 11) is 0. The molecule has 0 N–H and O–H groups in total. The van der Waals surface area contributed by atoms with Crippen LogP contribution < -0.4 is 0 Å². The van der Waals surface area contributed by atoms with Crippen LogP contribution in [0.2, 0.25) is 0 Å². The van der Waals surface area contributed by atoms with E-state index < -0.39 is 17.3 Å². The highest BCUT2D eigenvalue weighted by Crippen LogP contribution is 2.31.